The van der Waals surface area contributed by atoms with Gasteiger partial charge in [0.1, 0.15) is 0 Å². The van der Waals surface area contributed by atoms with E-state index in [9.17, 15) is 4.79 Å². The molecule has 0 saturated carbocycles. The molecule has 0 aliphatic carbocycles. The summed E-state index contributed by atoms with van der Waals surface area (Å²) in [5.41, 5.74) is 3.52. The van der Waals surface area contributed by atoms with E-state index in [1.807, 2.05) is 24.3 Å². The fourth-order valence-electron chi connectivity index (χ4n) is 3.66. The van der Waals surface area contributed by atoms with Gasteiger partial charge in [0.2, 0.25) is 5.91 Å². The SMILES string of the molecule is CC(NC(=O)C1CNc2ccccc2C1)c1cccc2ccccc12. The van der Waals surface area contributed by atoms with Crippen LogP contribution in [-0.2, 0) is 11.2 Å². The maximum atomic E-state index is 12.8. The van der Waals surface area contributed by atoms with Crippen LogP contribution in [-0.4, -0.2) is 12.5 Å². The van der Waals surface area contributed by atoms with Gasteiger partial charge in [0.05, 0.1) is 12.0 Å². The smallest absolute Gasteiger partial charge is 0.225 e. The Balaban J connectivity index is 1.51. The molecule has 2 unspecified atom stereocenters. The van der Waals surface area contributed by atoms with Crippen LogP contribution in [0.3, 0.4) is 0 Å². The molecule has 0 saturated heterocycles. The van der Waals surface area contributed by atoms with E-state index in [0.717, 1.165) is 17.7 Å². The Kier molecular flexibility index (Phi) is 4.14. The van der Waals surface area contributed by atoms with Crippen LogP contribution < -0.4 is 10.6 Å². The maximum absolute atomic E-state index is 12.8. The molecule has 126 valence electrons. The topological polar surface area (TPSA) is 41.1 Å². The third-order valence-corrected chi connectivity index (χ3v) is 5.04. The Hall–Kier alpha value is -2.81. The van der Waals surface area contributed by atoms with Crippen molar-refractivity contribution in [2.75, 3.05) is 11.9 Å². The van der Waals surface area contributed by atoms with E-state index in [4.69, 9.17) is 0 Å². The number of para-hydroxylation sites is 1. The van der Waals surface area contributed by atoms with Gasteiger partial charge in [0.15, 0.2) is 0 Å². The van der Waals surface area contributed by atoms with Crippen molar-refractivity contribution in [2.24, 2.45) is 5.92 Å². The highest BCUT2D eigenvalue weighted by atomic mass is 16.2. The molecular weight excluding hydrogens is 308 g/mol. The first kappa shape index (κ1) is 15.7. The van der Waals surface area contributed by atoms with Gasteiger partial charge in [-0.25, -0.2) is 0 Å². The predicted octanol–water partition coefficient (Wildman–Crippen LogP) is 4.30. The van der Waals surface area contributed by atoms with Crippen LogP contribution in [0.4, 0.5) is 5.69 Å². The summed E-state index contributed by atoms with van der Waals surface area (Å²) in [6, 6.07) is 22.8. The minimum atomic E-state index is -0.0349. The van der Waals surface area contributed by atoms with Crippen LogP contribution in [0.15, 0.2) is 66.7 Å². The molecule has 0 fully saturated rings. The Labute approximate surface area is 148 Å². The normalized spacial score (nSPS) is 17.4. The first-order valence-corrected chi connectivity index (χ1v) is 8.82. The first-order chi connectivity index (χ1) is 12.2. The fourth-order valence-corrected chi connectivity index (χ4v) is 3.66. The first-order valence-electron chi connectivity index (χ1n) is 8.82. The molecule has 3 nitrogen and oxygen atoms in total. The van der Waals surface area contributed by atoms with Gasteiger partial charge in [-0.15, -0.1) is 0 Å². The van der Waals surface area contributed by atoms with E-state index in [2.05, 4.69) is 60.0 Å². The molecule has 1 heterocycles. The number of hydrogen-bond donors (Lipinski definition) is 2. The lowest BCUT2D eigenvalue weighted by atomic mass is 9.92. The van der Waals surface area contributed by atoms with Crippen LogP contribution in [0.25, 0.3) is 10.8 Å². The van der Waals surface area contributed by atoms with Crippen molar-refractivity contribution in [2.45, 2.75) is 19.4 Å². The number of benzene rings is 3. The molecular formula is C22H22N2O. The Morgan fingerprint density at radius 1 is 1.04 bits per heavy atom. The van der Waals surface area contributed by atoms with Crippen LogP contribution in [0.1, 0.15) is 24.1 Å². The highest BCUT2D eigenvalue weighted by Crippen LogP contribution is 2.27. The molecule has 3 aromatic carbocycles. The quantitative estimate of drug-likeness (QED) is 0.752. The number of hydrogen-bond acceptors (Lipinski definition) is 2. The summed E-state index contributed by atoms with van der Waals surface area (Å²) in [6.45, 7) is 2.75. The van der Waals surface area contributed by atoms with Gasteiger partial charge >= 0.3 is 0 Å². The average molecular weight is 330 g/mol. The van der Waals surface area contributed by atoms with Crippen molar-refractivity contribution in [1.29, 1.82) is 0 Å². The van der Waals surface area contributed by atoms with Gasteiger partial charge < -0.3 is 10.6 Å². The summed E-state index contributed by atoms with van der Waals surface area (Å²) in [4.78, 5) is 12.8. The Bertz CT molecular complexity index is 913. The summed E-state index contributed by atoms with van der Waals surface area (Å²) in [5, 5.41) is 8.99. The minimum Gasteiger partial charge on any atom is -0.384 e. The number of rotatable bonds is 3. The lowest BCUT2D eigenvalue weighted by Gasteiger charge is -2.27. The van der Waals surface area contributed by atoms with Crippen molar-refractivity contribution in [3.8, 4) is 0 Å². The number of anilines is 1. The summed E-state index contributed by atoms with van der Waals surface area (Å²) >= 11 is 0. The van der Waals surface area contributed by atoms with Gasteiger partial charge in [-0.1, -0.05) is 60.7 Å². The van der Waals surface area contributed by atoms with Crippen molar-refractivity contribution in [3.05, 3.63) is 77.9 Å². The van der Waals surface area contributed by atoms with Crippen LogP contribution in [0.5, 0.6) is 0 Å². The van der Waals surface area contributed by atoms with Crippen LogP contribution in [0, 0.1) is 5.92 Å². The third-order valence-electron chi connectivity index (χ3n) is 5.04. The Morgan fingerprint density at radius 3 is 2.72 bits per heavy atom. The standard InChI is InChI=1S/C22H22N2O/c1-15(19-11-6-9-16-7-2-4-10-20(16)19)24-22(25)18-13-17-8-3-5-12-21(17)23-14-18/h2-12,15,18,23H,13-14H2,1H3,(H,24,25). The number of amides is 1. The number of fused-ring (bicyclic) bond motifs is 2. The van der Waals surface area contributed by atoms with Crippen molar-refractivity contribution in [1.82, 2.24) is 5.32 Å². The van der Waals surface area contributed by atoms with E-state index < -0.39 is 0 Å². The van der Waals surface area contributed by atoms with Gasteiger partial charge in [0, 0.05) is 12.2 Å². The molecule has 3 heteroatoms. The third kappa shape index (κ3) is 3.10. The van der Waals surface area contributed by atoms with Crippen LogP contribution >= 0.6 is 0 Å². The maximum Gasteiger partial charge on any atom is 0.225 e. The molecule has 0 aromatic heterocycles. The zero-order valence-corrected chi connectivity index (χ0v) is 14.3. The second-order valence-electron chi connectivity index (χ2n) is 6.74. The summed E-state index contributed by atoms with van der Waals surface area (Å²) in [7, 11) is 0. The molecule has 3 aromatic rings. The number of carbonyl (C=O) groups excluding carboxylic acids is 1. The molecule has 2 N–H and O–H groups in total. The fraction of sp³-hybridized carbons (Fsp3) is 0.227. The summed E-state index contributed by atoms with van der Waals surface area (Å²) < 4.78 is 0. The second kappa shape index (κ2) is 6.60. The van der Waals surface area contributed by atoms with Gasteiger partial charge in [-0.05, 0) is 41.3 Å². The zero-order chi connectivity index (χ0) is 17.2. The molecule has 0 spiro atoms. The summed E-state index contributed by atoms with van der Waals surface area (Å²) in [5.74, 6) is 0.0785. The molecule has 1 aliphatic heterocycles. The lowest BCUT2D eigenvalue weighted by molar-refractivity contribution is -0.125. The van der Waals surface area contributed by atoms with E-state index >= 15 is 0 Å². The second-order valence-corrected chi connectivity index (χ2v) is 6.74. The molecule has 0 radical (unpaired) electrons. The molecule has 2 atom stereocenters. The molecule has 25 heavy (non-hydrogen) atoms. The molecule has 1 aliphatic rings. The average Bonchev–Trinajstić information content (AvgIpc) is 2.67. The van der Waals surface area contributed by atoms with E-state index in [1.165, 1.54) is 16.3 Å². The van der Waals surface area contributed by atoms with Gasteiger partial charge in [-0.2, -0.15) is 0 Å². The Morgan fingerprint density at radius 2 is 1.80 bits per heavy atom. The molecule has 1 amide bonds. The van der Waals surface area contributed by atoms with Gasteiger partial charge in [0.25, 0.3) is 0 Å². The predicted molar refractivity (Wildman–Crippen MR) is 103 cm³/mol. The highest BCUT2D eigenvalue weighted by molar-refractivity contribution is 5.87. The molecule has 4 rings (SSSR count). The van der Waals surface area contributed by atoms with Crippen molar-refractivity contribution in [3.63, 3.8) is 0 Å². The highest BCUT2D eigenvalue weighted by Gasteiger charge is 2.25. The van der Waals surface area contributed by atoms with Gasteiger partial charge in [-0.3, -0.25) is 4.79 Å². The minimum absolute atomic E-state index is 0.0178. The van der Waals surface area contributed by atoms with Crippen molar-refractivity contribution < 1.29 is 4.79 Å². The largest absolute Gasteiger partial charge is 0.384 e. The molecule has 0 bridgehead atoms. The summed E-state index contributed by atoms with van der Waals surface area (Å²) in [6.07, 6.45) is 0.789. The lowest BCUT2D eigenvalue weighted by Crippen LogP contribution is -2.39. The van der Waals surface area contributed by atoms with Crippen LogP contribution in [0.2, 0.25) is 0 Å². The monoisotopic (exact) mass is 330 g/mol. The van der Waals surface area contributed by atoms with Crippen molar-refractivity contribution >= 4 is 22.4 Å². The number of nitrogens with one attached hydrogen (secondary N) is 2. The zero-order valence-electron chi connectivity index (χ0n) is 14.3. The van der Waals surface area contributed by atoms with E-state index in [-0.39, 0.29) is 17.9 Å². The van der Waals surface area contributed by atoms with E-state index in [0.29, 0.717) is 6.54 Å². The number of carbonyl (C=O) groups is 1. The van der Waals surface area contributed by atoms with E-state index in [1.54, 1.807) is 0 Å².